The third-order valence-corrected chi connectivity index (χ3v) is 4.01. The Labute approximate surface area is 163 Å². The molecule has 0 aliphatic heterocycles. The van der Waals surface area contributed by atoms with Crippen LogP contribution in [0.15, 0.2) is 53.5 Å². The number of hydrogen-bond acceptors (Lipinski definition) is 3. The van der Waals surface area contributed by atoms with Gasteiger partial charge in [-0.1, -0.05) is 24.3 Å². The van der Waals surface area contributed by atoms with E-state index in [1.807, 2.05) is 30.1 Å². The molecular weight excluding hydrogens is 366 g/mol. The number of hydrogen-bond donors (Lipinski definition) is 2. The van der Waals surface area contributed by atoms with Crippen LogP contribution in [-0.4, -0.2) is 44.5 Å². The van der Waals surface area contributed by atoms with Crippen LogP contribution < -0.4 is 15.4 Å². The van der Waals surface area contributed by atoms with Crippen LogP contribution >= 0.6 is 0 Å². The van der Waals surface area contributed by atoms with Crippen LogP contribution in [0.5, 0.6) is 5.75 Å². The minimum atomic E-state index is -2.83. The number of halogens is 2. The van der Waals surface area contributed by atoms with Gasteiger partial charge in [-0.15, -0.1) is 0 Å². The summed E-state index contributed by atoms with van der Waals surface area (Å²) in [5.41, 5.74) is 2.47. The molecule has 6 nitrogen and oxygen atoms in total. The molecule has 0 fully saturated rings. The molecule has 0 heterocycles. The fourth-order valence-electron chi connectivity index (χ4n) is 2.66. The molecule has 0 saturated carbocycles. The second kappa shape index (κ2) is 10.2. The highest BCUT2D eigenvalue weighted by atomic mass is 19.3. The number of benzene rings is 2. The fraction of sp³-hybridized carbons (Fsp3) is 0.300. The van der Waals surface area contributed by atoms with Crippen LogP contribution in [0.1, 0.15) is 21.5 Å². The van der Waals surface area contributed by atoms with Gasteiger partial charge in [-0.3, -0.25) is 9.79 Å². The Balaban J connectivity index is 1.95. The van der Waals surface area contributed by atoms with Crippen LogP contribution in [0.3, 0.4) is 0 Å². The van der Waals surface area contributed by atoms with Crippen molar-refractivity contribution in [2.24, 2.45) is 4.99 Å². The van der Waals surface area contributed by atoms with Crippen molar-refractivity contribution < 1.29 is 18.3 Å². The van der Waals surface area contributed by atoms with Gasteiger partial charge < -0.3 is 20.3 Å². The average Bonchev–Trinajstić information content (AvgIpc) is 2.69. The molecule has 0 atom stereocenters. The summed E-state index contributed by atoms with van der Waals surface area (Å²) in [4.78, 5) is 17.9. The van der Waals surface area contributed by atoms with Gasteiger partial charge in [0.15, 0.2) is 5.96 Å². The Morgan fingerprint density at radius 3 is 2.50 bits per heavy atom. The summed E-state index contributed by atoms with van der Waals surface area (Å²) in [5, 5.41) is 5.85. The zero-order valence-corrected chi connectivity index (χ0v) is 16.1. The SMILES string of the molecule is CN=C(NCc1cccc(C(=O)NC)c1)N(C)Cc1ccc(OC(F)F)cc1. The molecule has 0 spiro atoms. The van der Waals surface area contributed by atoms with E-state index in [1.54, 1.807) is 32.3 Å². The van der Waals surface area contributed by atoms with Gasteiger partial charge in [0.1, 0.15) is 5.75 Å². The molecule has 0 unspecified atom stereocenters. The summed E-state index contributed by atoms with van der Waals surface area (Å²) >= 11 is 0. The number of rotatable bonds is 7. The first-order valence-electron chi connectivity index (χ1n) is 8.69. The van der Waals surface area contributed by atoms with Gasteiger partial charge in [-0.2, -0.15) is 8.78 Å². The van der Waals surface area contributed by atoms with Gasteiger partial charge in [0.25, 0.3) is 5.91 Å². The van der Waals surface area contributed by atoms with E-state index in [4.69, 9.17) is 0 Å². The number of alkyl halides is 2. The number of carbonyl (C=O) groups is 1. The number of guanidine groups is 1. The van der Waals surface area contributed by atoms with Crippen molar-refractivity contribution in [1.82, 2.24) is 15.5 Å². The van der Waals surface area contributed by atoms with Crippen molar-refractivity contribution >= 4 is 11.9 Å². The van der Waals surface area contributed by atoms with Crippen LogP contribution in [-0.2, 0) is 13.1 Å². The Bertz CT molecular complexity index is 810. The van der Waals surface area contributed by atoms with Crippen molar-refractivity contribution in [3.05, 3.63) is 65.2 Å². The molecule has 0 saturated heterocycles. The number of aliphatic imine (C=N–C) groups is 1. The minimum absolute atomic E-state index is 0.125. The van der Waals surface area contributed by atoms with Crippen molar-refractivity contribution in [1.29, 1.82) is 0 Å². The molecule has 0 aliphatic carbocycles. The summed E-state index contributed by atoms with van der Waals surface area (Å²) < 4.78 is 28.8. The van der Waals surface area contributed by atoms with Gasteiger partial charge in [-0.25, -0.2) is 0 Å². The Hall–Kier alpha value is -3.16. The highest BCUT2D eigenvalue weighted by molar-refractivity contribution is 5.94. The van der Waals surface area contributed by atoms with E-state index in [9.17, 15) is 13.6 Å². The van der Waals surface area contributed by atoms with E-state index < -0.39 is 6.61 Å². The molecule has 1 amide bonds. The van der Waals surface area contributed by atoms with E-state index in [1.165, 1.54) is 12.1 Å². The number of nitrogens with zero attached hydrogens (tertiary/aromatic N) is 2. The molecule has 0 aromatic heterocycles. The summed E-state index contributed by atoms with van der Waals surface area (Å²) in [7, 11) is 5.15. The zero-order chi connectivity index (χ0) is 20.5. The number of carbonyl (C=O) groups excluding carboxylic acids is 1. The lowest BCUT2D eigenvalue weighted by Crippen LogP contribution is -2.38. The normalized spacial score (nSPS) is 11.3. The largest absolute Gasteiger partial charge is 0.435 e. The maximum atomic E-state index is 12.2. The predicted molar refractivity (Wildman–Crippen MR) is 105 cm³/mol. The van der Waals surface area contributed by atoms with E-state index in [0.717, 1.165) is 11.1 Å². The maximum absolute atomic E-state index is 12.2. The first-order chi connectivity index (χ1) is 13.4. The molecule has 2 rings (SSSR count). The summed E-state index contributed by atoms with van der Waals surface area (Å²) in [6.45, 7) is -1.80. The monoisotopic (exact) mass is 390 g/mol. The second-order valence-electron chi connectivity index (χ2n) is 6.06. The Kier molecular flexibility index (Phi) is 7.74. The summed E-state index contributed by atoms with van der Waals surface area (Å²) in [6.07, 6.45) is 0. The number of nitrogens with one attached hydrogen (secondary N) is 2. The van der Waals surface area contributed by atoms with Gasteiger partial charge >= 0.3 is 6.61 Å². The number of amides is 1. The third-order valence-electron chi connectivity index (χ3n) is 4.01. The summed E-state index contributed by atoms with van der Waals surface area (Å²) in [6, 6.07) is 13.8. The lowest BCUT2D eigenvalue weighted by Gasteiger charge is -2.22. The van der Waals surface area contributed by atoms with Crippen molar-refractivity contribution in [3.63, 3.8) is 0 Å². The fourth-order valence-corrected chi connectivity index (χ4v) is 2.66. The topological polar surface area (TPSA) is 66.0 Å². The molecule has 0 radical (unpaired) electrons. The molecule has 2 N–H and O–H groups in total. The highest BCUT2D eigenvalue weighted by Crippen LogP contribution is 2.16. The van der Waals surface area contributed by atoms with Crippen LogP contribution in [0.25, 0.3) is 0 Å². The van der Waals surface area contributed by atoms with Gasteiger partial charge in [0.2, 0.25) is 0 Å². The maximum Gasteiger partial charge on any atom is 0.387 e. The standard InChI is InChI=1S/C20H24F2N4O2/c1-23-18(27)16-6-4-5-15(11-16)12-25-20(24-2)26(3)13-14-7-9-17(10-8-14)28-19(21)22/h4-11,19H,12-13H2,1-3H3,(H,23,27)(H,24,25). The summed E-state index contributed by atoms with van der Waals surface area (Å²) in [5.74, 6) is 0.653. The van der Waals surface area contributed by atoms with Crippen molar-refractivity contribution in [3.8, 4) is 5.75 Å². The predicted octanol–water partition coefficient (Wildman–Crippen LogP) is 2.86. The van der Waals surface area contributed by atoms with E-state index in [-0.39, 0.29) is 11.7 Å². The number of ether oxygens (including phenoxy) is 1. The lowest BCUT2D eigenvalue weighted by atomic mass is 10.1. The zero-order valence-electron chi connectivity index (χ0n) is 16.1. The second-order valence-corrected chi connectivity index (χ2v) is 6.06. The molecular formula is C20H24F2N4O2. The minimum Gasteiger partial charge on any atom is -0.435 e. The smallest absolute Gasteiger partial charge is 0.387 e. The molecule has 2 aromatic rings. The first-order valence-corrected chi connectivity index (χ1v) is 8.69. The molecule has 0 aliphatic rings. The van der Waals surface area contributed by atoms with E-state index in [0.29, 0.717) is 24.6 Å². The molecule has 8 heteroatoms. The lowest BCUT2D eigenvalue weighted by molar-refractivity contribution is -0.0498. The van der Waals surface area contributed by atoms with Crippen molar-refractivity contribution in [2.45, 2.75) is 19.7 Å². The van der Waals surface area contributed by atoms with E-state index >= 15 is 0 Å². The molecule has 2 aromatic carbocycles. The van der Waals surface area contributed by atoms with Gasteiger partial charge in [-0.05, 0) is 35.4 Å². The first kappa shape index (κ1) is 21.1. The van der Waals surface area contributed by atoms with Crippen LogP contribution in [0.4, 0.5) is 8.78 Å². The molecule has 150 valence electrons. The quantitative estimate of drug-likeness (QED) is 0.564. The molecule has 0 bridgehead atoms. The van der Waals surface area contributed by atoms with Gasteiger partial charge in [0, 0.05) is 39.8 Å². The third kappa shape index (κ3) is 6.22. The average molecular weight is 390 g/mol. The van der Waals surface area contributed by atoms with Crippen LogP contribution in [0, 0.1) is 0 Å². The van der Waals surface area contributed by atoms with Gasteiger partial charge in [0.05, 0.1) is 0 Å². The Morgan fingerprint density at radius 1 is 1.18 bits per heavy atom. The molecule has 28 heavy (non-hydrogen) atoms. The van der Waals surface area contributed by atoms with E-state index in [2.05, 4.69) is 20.4 Å². The highest BCUT2D eigenvalue weighted by Gasteiger charge is 2.09. The van der Waals surface area contributed by atoms with Crippen LogP contribution in [0.2, 0.25) is 0 Å². The Morgan fingerprint density at radius 2 is 1.89 bits per heavy atom. The van der Waals surface area contributed by atoms with Crippen molar-refractivity contribution in [2.75, 3.05) is 21.1 Å².